The predicted octanol–water partition coefficient (Wildman–Crippen LogP) is 2.70. The minimum atomic E-state index is -0.365. The molecule has 2 aromatic carbocycles. The molecule has 1 N–H and O–H groups in total. The molecular formula is C20H13N5O3. The number of nitriles is 1. The number of nitrogens with zero attached hydrogens (tertiary/aromatic N) is 4. The number of hydrogen-bond donors (Lipinski definition) is 1. The minimum Gasteiger partial charge on any atom is -0.479 e. The summed E-state index contributed by atoms with van der Waals surface area (Å²) in [7, 11) is 0. The van der Waals surface area contributed by atoms with E-state index in [4.69, 9.17) is 20.8 Å². The molecule has 0 aliphatic carbocycles. The third-order valence-electron chi connectivity index (χ3n) is 4.01. The van der Waals surface area contributed by atoms with E-state index in [1.54, 1.807) is 12.1 Å². The van der Waals surface area contributed by atoms with Crippen LogP contribution in [0, 0.1) is 23.7 Å². The number of ether oxygens (including phenoxy) is 1. The van der Waals surface area contributed by atoms with Crippen LogP contribution in [-0.2, 0) is 11.3 Å². The van der Waals surface area contributed by atoms with Crippen LogP contribution in [0.15, 0.2) is 47.1 Å². The van der Waals surface area contributed by atoms with Gasteiger partial charge in [-0.1, -0.05) is 24.1 Å². The van der Waals surface area contributed by atoms with E-state index in [0.717, 1.165) is 16.4 Å². The molecule has 0 fully saturated rings. The maximum absolute atomic E-state index is 12.4. The van der Waals surface area contributed by atoms with Crippen LogP contribution >= 0.6 is 0 Å². The summed E-state index contributed by atoms with van der Waals surface area (Å²) >= 11 is 0. The minimum absolute atomic E-state index is 0.00506. The fraction of sp³-hybridized carbons (Fsp3) is 0.100. The molecule has 28 heavy (non-hydrogen) atoms. The van der Waals surface area contributed by atoms with Gasteiger partial charge in [-0.2, -0.15) is 5.26 Å². The summed E-state index contributed by atoms with van der Waals surface area (Å²) in [6.45, 7) is -0.0554. The lowest BCUT2D eigenvalue weighted by Crippen LogP contribution is -2.19. The molecule has 1 amide bonds. The summed E-state index contributed by atoms with van der Waals surface area (Å²) in [5, 5.41) is 17.2. The van der Waals surface area contributed by atoms with Gasteiger partial charge in [0.15, 0.2) is 0 Å². The van der Waals surface area contributed by atoms with Gasteiger partial charge in [0.2, 0.25) is 5.91 Å². The number of carbonyl (C=O) groups excluding carboxylic acids is 1. The molecule has 0 aliphatic rings. The average molecular weight is 371 g/mol. The van der Waals surface area contributed by atoms with Gasteiger partial charge in [-0.3, -0.25) is 4.79 Å². The Hall–Kier alpha value is -4.30. The summed E-state index contributed by atoms with van der Waals surface area (Å²) in [5.74, 6) is 2.48. The molecule has 0 radical (unpaired) electrons. The van der Waals surface area contributed by atoms with E-state index in [2.05, 4.69) is 21.3 Å². The fourth-order valence-electron chi connectivity index (χ4n) is 2.85. The second kappa shape index (κ2) is 7.14. The van der Waals surface area contributed by atoms with Crippen molar-refractivity contribution in [1.82, 2.24) is 14.8 Å². The van der Waals surface area contributed by atoms with E-state index in [9.17, 15) is 4.79 Å². The monoisotopic (exact) mass is 371 g/mol. The van der Waals surface area contributed by atoms with Crippen molar-refractivity contribution in [2.24, 2.45) is 0 Å². The Balaban J connectivity index is 1.67. The van der Waals surface area contributed by atoms with E-state index in [-0.39, 0.29) is 24.9 Å². The smallest absolute Gasteiger partial charge is 0.252 e. The summed E-state index contributed by atoms with van der Waals surface area (Å²) in [5.41, 5.74) is 1.76. The number of fused-ring (bicyclic) bond motifs is 3. The second-order valence-electron chi connectivity index (χ2n) is 5.86. The molecule has 2 aromatic heterocycles. The Morgan fingerprint density at radius 3 is 2.93 bits per heavy atom. The molecule has 8 nitrogen and oxygen atoms in total. The largest absolute Gasteiger partial charge is 0.479 e. The number of anilines is 1. The first-order valence-corrected chi connectivity index (χ1v) is 8.29. The number of aromatic nitrogens is 3. The van der Waals surface area contributed by atoms with Crippen LogP contribution in [0.4, 0.5) is 5.69 Å². The van der Waals surface area contributed by atoms with Gasteiger partial charge in [0.1, 0.15) is 42.5 Å². The molecule has 4 rings (SSSR count). The van der Waals surface area contributed by atoms with Gasteiger partial charge >= 0.3 is 0 Å². The van der Waals surface area contributed by atoms with Crippen LogP contribution < -0.4 is 10.1 Å². The molecule has 0 saturated carbocycles. The zero-order valence-electron chi connectivity index (χ0n) is 14.5. The van der Waals surface area contributed by atoms with Crippen molar-refractivity contribution in [3.63, 3.8) is 0 Å². The molecule has 8 heteroatoms. The third kappa shape index (κ3) is 3.22. The maximum atomic E-state index is 12.4. The number of amides is 1. The molecule has 0 unspecified atom stereocenters. The van der Waals surface area contributed by atoms with E-state index in [0.29, 0.717) is 17.0 Å². The van der Waals surface area contributed by atoms with Crippen molar-refractivity contribution in [3.05, 3.63) is 48.5 Å². The van der Waals surface area contributed by atoms with Crippen molar-refractivity contribution in [1.29, 1.82) is 5.26 Å². The van der Waals surface area contributed by atoms with Crippen molar-refractivity contribution in [2.75, 3.05) is 11.9 Å². The third-order valence-corrected chi connectivity index (χ3v) is 4.01. The topological polar surface area (TPSA) is 106 Å². The molecule has 0 saturated heterocycles. The van der Waals surface area contributed by atoms with E-state index in [1.807, 2.05) is 30.3 Å². The van der Waals surface area contributed by atoms with Gasteiger partial charge in [-0.05, 0) is 12.1 Å². The number of nitrogens with one attached hydrogen (secondary N) is 1. The number of rotatable bonds is 5. The molecular weight excluding hydrogens is 358 g/mol. The number of para-hydroxylation sites is 1. The van der Waals surface area contributed by atoms with Gasteiger partial charge in [-0.15, -0.1) is 11.5 Å². The molecule has 136 valence electrons. The summed E-state index contributed by atoms with van der Waals surface area (Å²) in [4.78, 5) is 16.2. The summed E-state index contributed by atoms with van der Waals surface area (Å²) < 4.78 is 12.7. The molecule has 4 aromatic rings. The first kappa shape index (κ1) is 17.1. The van der Waals surface area contributed by atoms with E-state index in [1.165, 1.54) is 11.0 Å². The normalized spacial score (nSPS) is 10.5. The lowest BCUT2D eigenvalue weighted by atomic mass is 10.1. The highest BCUT2D eigenvalue weighted by molar-refractivity contribution is 6.07. The maximum Gasteiger partial charge on any atom is 0.252 e. The van der Waals surface area contributed by atoms with Crippen LogP contribution in [0.3, 0.4) is 0 Å². The van der Waals surface area contributed by atoms with Gasteiger partial charge < -0.3 is 14.5 Å². The van der Waals surface area contributed by atoms with Gasteiger partial charge in [0.25, 0.3) is 5.82 Å². The van der Waals surface area contributed by atoms with Crippen molar-refractivity contribution < 1.29 is 13.9 Å². The Morgan fingerprint density at radius 1 is 1.29 bits per heavy atom. The Labute approximate surface area is 159 Å². The highest BCUT2D eigenvalue weighted by atomic mass is 16.5. The van der Waals surface area contributed by atoms with Crippen LogP contribution in [0.2, 0.25) is 0 Å². The molecule has 0 bridgehead atoms. The molecule has 0 spiro atoms. The summed E-state index contributed by atoms with van der Waals surface area (Å²) in [6.07, 6.45) is 6.62. The fourth-order valence-corrected chi connectivity index (χ4v) is 2.85. The Morgan fingerprint density at radius 2 is 2.14 bits per heavy atom. The van der Waals surface area contributed by atoms with Crippen LogP contribution in [0.25, 0.3) is 21.9 Å². The number of hydrogen-bond acceptors (Lipinski definition) is 6. The first-order chi connectivity index (χ1) is 13.7. The first-order valence-electron chi connectivity index (χ1n) is 8.29. The highest BCUT2D eigenvalue weighted by Gasteiger charge is 2.15. The highest BCUT2D eigenvalue weighted by Crippen LogP contribution is 2.36. The van der Waals surface area contributed by atoms with Gasteiger partial charge in [0.05, 0.1) is 5.69 Å². The number of carbonyl (C=O) groups is 1. The lowest BCUT2D eigenvalue weighted by Gasteiger charge is -2.11. The Kier molecular flexibility index (Phi) is 4.37. The van der Waals surface area contributed by atoms with Crippen molar-refractivity contribution in [3.8, 4) is 24.2 Å². The Bertz CT molecular complexity index is 1270. The quantitative estimate of drug-likeness (QED) is 0.541. The second-order valence-corrected chi connectivity index (χ2v) is 5.86. The zero-order chi connectivity index (χ0) is 19.5. The average Bonchev–Trinajstić information content (AvgIpc) is 3.29. The SMILES string of the molecule is C#CCOc1cc2c(cc1NC(=O)Cn1cnc(C#N)n1)oc1ccccc12. The van der Waals surface area contributed by atoms with Crippen molar-refractivity contribution in [2.45, 2.75) is 6.54 Å². The molecule has 2 heterocycles. The van der Waals surface area contributed by atoms with E-state index < -0.39 is 0 Å². The van der Waals surface area contributed by atoms with Gasteiger partial charge in [-0.25, -0.2) is 9.67 Å². The molecule has 0 aliphatic heterocycles. The van der Waals surface area contributed by atoms with Crippen LogP contribution in [0.1, 0.15) is 5.82 Å². The summed E-state index contributed by atoms with van der Waals surface area (Å²) in [6, 6.07) is 12.9. The number of terminal acetylenes is 1. The zero-order valence-corrected chi connectivity index (χ0v) is 14.5. The standard InChI is InChI=1S/C20H13N5O3/c1-2-7-27-18-8-14-13-5-3-4-6-16(13)28-17(14)9-15(18)23-20(26)11-25-12-22-19(10-21)24-25/h1,3-6,8-9,12H,7,11H2,(H,23,26). The number of benzene rings is 2. The van der Waals surface area contributed by atoms with E-state index >= 15 is 0 Å². The van der Waals surface area contributed by atoms with Gasteiger partial charge in [0, 0.05) is 16.8 Å². The number of furan rings is 1. The van der Waals surface area contributed by atoms with Crippen LogP contribution in [-0.4, -0.2) is 27.3 Å². The van der Waals surface area contributed by atoms with Crippen molar-refractivity contribution >= 4 is 33.5 Å². The predicted molar refractivity (Wildman–Crippen MR) is 101 cm³/mol. The lowest BCUT2D eigenvalue weighted by molar-refractivity contribution is -0.116. The molecule has 0 atom stereocenters. The van der Waals surface area contributed by atoms with Crippen LogP contribution in [0.5, 0.6) is 5.75 Å².